The van der Waals surface area contributed by atoms with E-state index < -0.39 is 11.4 Å². The van der Waals surface area contributed by atoms with Gasteiger partial charge in [0.2, 0.25) is 0 Å². The maximum absolute atomic E-state index is 12.1. The molecule has 116 valence electrons. The molecule has 1 atom stereocenters. The number of aliphatic carboxylic acids is 1. The summed E-state index contributed by atoms with van der Waals surface area (Å²) in [6.45, 7) is 3.44. The quantitative estimate of drug-likeness (QED) is 0.803. The third-order valence-corrected chi connectivity index (χ3v) is 3.58. The van der Waals surface area contributed by atoms with Crippen LogP contribution >= 0.6 is 0 Å². The van der Waals surface area contributed by atoms with Gasteiger partial charge in [-0.2, -0.15) is 0 Å². The number of amides is 1. The molecule has 0 aliphatic rings. The van der Waals surface area contributed by atoms with Crippen LogP contribution in [0.25, 0.3) is 0 Å². The molecule has 0 radical (unpaired) electrons. The first-order chi connectivity index (χ1) is 9.87. The number of nitrogens with one attached hydrogen (secondary N) is 1. The zero-order valence-corrected chi connectivity index (χ0v) is 12.7. The van der Waals surface area contributed by atoms with Crippen LogP contribution in [0.15, 0.2) is 18.2 Å². The van der Waals surface area contributed by atoms with Gasteiger partial charge in [-0.15, -0.1) is 0 Å². The Morgan fingerprint density at radius 1 is 1.24 bits per heavy atom. The maximum Gasteiger partial charge on any atom is 0.311 e. The molecule has 0 bridgehead atoms. The lowest BCUT2D eigenvalue weighted by Gasteiger charge is -2.23. The highest BCUT2D eigenvalue weighted by molar-refractivity contribution is 5.95. The van der Waals surface area contributed by atoms with Crippen LogP contribution < -0.4 is 14.8 Å². The summed E-state index contributed by atoms with van der Waals surface area (Å²) in [5.74, 6) is -0.311. The molecule has 0 saturated carbocycles. The number of carboxylic acids is 1. The molecule has 6 nitrogen and oxygen atoms in total. The molecule has 0 saturated heterocycles. The van der Waals surface area contributed by atoms with Gasteiger partial charge < -0.3 is 19.9 Å². The molecule has 0 spiro atoms. The Morgan fingerprint density at radius 3 is 2.33 bits per heavy atom. The Balaban J connectivity index is 2.83. The zero-order chi connectivity index (χ0) is 16.0. The van der Waals surface area contributed by atoms with Gasteiger partial charge in [-0.05, 0) is 31.5 Å². The van der Waals surface area contributed by atoms with Crippen molar-refractivity contribution < 1.29 is 24.2 Å². The summed E-state index contributed by atoms with van der Waals surface area (Å²) in [5, 5.41) is 11.8. The molecule has 0 aliphatic heterocycles. The molecule has 1 rings (SSSR count). The lowest BCUT2D eigenvalue weighted by molar-refractivity contribution is -0.147. The number of ether oxygens (including phenoxy) is 2. The van der Waals surface area contributed by atoms with Crippen molar-refractivity contribution in [3.8, 4) is 11.5 Å². The number of carbonyl (C=O) groups excluding carboxylic acids is 1. The minimum absolute atomic E-state index is 0.0615. The van der Waals surface area contributed by atoms with E-state index in [9.17, 15) is 14.7 Å². The smallest absolute Gasteiger partial charge is 0.311 e. The summed E-state index contributed by atoms with van der Waals surface area (Å²) in [6.07, 6.45) is 0.425. The Hall–Kier alpha value is -2.24. The molecular weight excluding hydrogens is 274 g/mol. The highest BCUT2D eigenvalue weighted by atomic mass is 16.5. The van der Waals surface area contributed by atoms with Gasteiger partial charge in [0.1, 0.15) is 0 Å². The molecule has 1 aromatic rings. The highest BCUT2D eigenvalue weighted by Gasteiger charge is 2.31. The van der Waals surface area contributed by atoms with Gasteiger partial charge in [-0.1, -0.05) is 6.92 Å². The molecule has 0 heterocycles. The van der Waals surface area contributed by atoms with Crippen molar-refractivity contribution >= 4 is 11.9 Å². The van der Waals surface area contributed by atoms with Crippen LogP contribution in [0.1, 0.15) is 30.6 Å². The molecule has 21 heavy (non-hydrogen) atoms. The lowest BCUT2D eigenvalue weighted by atomic mass is 9.87. The predicted octanol–water partition coefficient (Wildman–Crippen LogP) is 1.93. The Morgan fingerprint density at radius 2 is 1.86 bits per heavy atom. The number of hydrogen-bond acceptors (Lipinski definition) is 4. The Bertz CT molecular complexity index is 529. The molecule has 1 aromatic carbocycles. The fraction of sp³-hybridized carbons (Fsp3) is 0.467. The van der Waals surface area contributed by atoms with E-state index in [1.807, 2.05) is 0 Å². The maximum atomic E-state index is 12.1. The number of carbonyl (C=O) groups is 2. The van der Waals surface area contributed by atoms with Gasteiger partial charge in [0, 0.05) is 12.1 Å². The largest absolute Gasteiger partial charge is 0.493 e. The van der Waals surface area contributed by atoms with Gasteiger partial charge in [-0.3, -0.25) is 9.59 Å². The highest BCUT2D eigenvalue weighted by Crippen LogP contribution is 2.27. The number of hydrogen-bond donors (Lipinski definition) is 2. The average Bonchev–Trinajstić information content (AvgIpc) is 2.51. The van der Waals surface area contributed by atoms with Crippen molar-refractivity contribution in [3.05, 3.63) is 23.8 Å². The van der Waals surface area contributed by atoms with E-state index >= 15 is 0 Å². The number of rotatable bonds is 7. The van der Waals surface area contributed by atoms with E-state index in [2.05, 4.69) is 5.32 Å². The minimum Gasteiger partial charge on any atom is -0.493 e. The lowest BCUT2D eigenvalue weighted by Crippen LogP contribution is -2.40. The van der Waals surface area contributed by atoms with Crippen LogP contribution in [-0.2, 0) is 4.79 Å². The van der Waals surface area contributed by atoms with Crippen molar-refractivity contribution in [2.45, 2.75) is 20.3 Å². The molecule has 6 heteroatoms. The van der Waals surface area contributed by atoms with E-state index in [1.165, 1.54) is 14.2 Å². The van der Waals surface area contributed by atoms with Gasteiger partial charge in [0.25, 0.3) is 5.91 Å². The van der Waals surface area contributed by atoms with Crippen LogP contribution in [0.2, 0.25) is 0 Å². The Kier molecular flexibility index (Phi) is 5.58. The van der Waals surface area contributed by atoms with Crippen LogP contribution in [-0.4, -0.2) is 37.7 Å². The summed E-state index contributed by atoms with van der Waals surface area (Å²) in [6, 6.07) is 4.78. The van der Waals surface area contributed by atoms with Crippen molar-refractivity contribution in [1.82, 2.24) is 5.32 Å². The summed E-state index contributed by atoms with van der Waals surface area (Å²) in [5.41, 5.74) is -0.594. The van der Waals surface area contributed by atoms with E-state index in [0.717, 1.165) is 0 Å². The second-order valence-corrected chi connectivity index (χ2v) is 4.97. The number of carboxylic acid groups (broad SMARTS) is 1. The first kappa shape index (κ1) is 16.8. The molecule has 0 aliphatic carbocycles. The van der Waals surface area contributed by atoms with Crippen LogP contribution in [0, 0.1) is 5.41 Å². The molecule has 1 unspecified atom stereocenters. The van der Waals surface area contributed by atoms with E-state index in [4.69, 9.17) is 9.47 Å². The standard InChI is InChI=1S/C15H21NO5/c1-5-15(2,14(18)19)9-16-13(17)10-6-7-11(20-3)12(8-10)21-4/h6-8H,5,9H2,1-4H3,(H,16,17)(H,18,19). The van der Waals surface area contributed by atoms with Gasteiger partial charge in [0.15, 0.2) is 11.5 Å². The topological polar surface area (TPSA) is 84.9 Å². The van der Waals surface area contributed by atoms with Crippen LogP contribution in [0.3, 0.4) is 0 Å². The summed E-state index contributed by atoms with van der Waals surface area (Å²) in [7, 11) is 3.00. The first-order valence-electron chi connectivity index (χ1n) is 6.61. The minimum atomic E-state index is -0.980. The van der Waals surface area contributed by atoms with Gasteiger partial charge in [-0.25, -0.2) is 0 Å². The molecule has 0 aromatic heterocycles. The third kappa shape index (κ3) is 3.87. The monoisotopic (exact) mass is 295 g/mol. The number of methoxy groups -OCH3 is 2. The SMILES string of the molecule is CCC(C)(CNC(=O)c1ccc(OC)c(OC)c1)C(=O)O. The zero-order valence-electron chi connectivity index (χ0n) is 12.7. The number of benzene rings is 1. The summed E-state index contributed by atoms with van der Waals surface area (Å²) in [4.78, 5) is 23.3. The molecule has 2 N–H and O–H groups in total. The molecular formula is C15H21NO5. The predicted molar refractivity (Wildman–Crippen MR) is 77.9 cm³/mol. The van der Waals surface area contributed by atoms with Crippen molar-refractivity contribution in [2.75, 3.05) is 20.8 Å². The second kappa shape index (κ2) is 6.97. The van der Waals surface area contributed by atoms with Gasteiger partial charge >= 0.3 is 5.97 Å². The van der Waals surface area contributed by atoms with Crippen molar-refractivity contribution in [3.63, 3.8) is 0 Å². The molecule has 0 fully saturated rings. The van der Waals surface area contributed by atoms with E-state index in [0.29, 0.717) is 23.5 Å². The normalized spacial score (nSPS) is 13.1. The summed E-state index contributed by atoms with van der Waals surface area (Å²) >= 11 is 0. The van der Waals surface area contributed by atoms with Crippen molar-refractivity contribution in [1.29, 1.82) is 0 Å². The second-order valence-electron chi connectivity index (χ2n) is 4.97. The van der Waals surface area contributed by atoms with Crippen LogP contribution in [0.4, 0.5) is 0 Å². The fourth-order valence-electron chi connectivity index (χ4n) is 1.71. The summed E-state index contributed by atoms with van der Waals surface area (Å²) < 4.78 is 10.2. The molecule has 1 amide bonds. The fourth-order valence-corrected chi connectivity index (χ4v) is 1.71. The Labute approximate surface area is 124 Å². The van der Waals surface area contributed by atoms with E-state index in [1.54, 1.807) is 32.0 Å². The van der Waals surface area contributed by atoms with Crippen molar-refractivity contribution in [2.24, 2.45) is 5.41 Å². The van der Waals surface area contributed by atoms with Gasteiger partial charge in [0.05, 0.1) is 19.6 Å². The third-order valence-electron chi connectivity index (χ3n) is 3.58. The average molecular weight is 295 g/mol. The van der Waals surface area contributed by atoms with E-state index in [-0.39, 0.29) is 12.5 Å². The first-order valence-corrected chi connectivity index (χ1v) is 6.61. The van der Waals surface area contributed by atoms with Crippen LogP contribution in [0.5, 0.6) is 11.5 Å².